The van der Waals surface area contributed by atoms with E-state index in [0.29, 0.717) is 14.0 Å². The first-order valence-corrected chi connectivity index (χ1v) is 8.02. The second kappa shape index (κ2) is 9.13. The summed E-state index contributed by atoms with van der Waals surface area (Å²) in [7, 11) is -0.891. The number of halogens is 3. The maximum atomic E-state index is 5.58. The lowest BCUT2D eigenvalue weighted by atomic mass is 10.2. The molecule has 0 amide bonds. The molecule has 0 aromatic carbocycles. The Morgan fingerprint density at radius 3 is 0.947 bits per heavy atom. The fraction of sp³-hybridized carbons (Fsp3) is 0.500. The Morgan fingerprint density at radius 1 is 0.579 bits per heavy atom. The Kier molecular flexibility index (Phi) is 9.19. The minimum absolute atomic E-state index is 0.584. The Balaban J connectivity index is 5.01. The molecule has 0 unspecified atom stereocenters. The van der Waals surface area contributed by atoms with Crippen LogP contribution in [-0.4, -0.2) is 7.32 Å². The molecule has 7 heteroatoms. The van der Waals surface area contributed by atoms with Crippen molar-refractivity contribution < 1.29 is 14.0 Å². The molecular weight excluding hydrogens is 443 g/mol. The number of allylic oxidation sites excluding steroid dienone is 3. The van der Waals surface area contributed by atoms with Crippen molar-refractivity contribution in [3.05, 3.63) is 30.7 Å². The van der Waals surface area contributed by atoms with Gasteiger partial charge in [0, 0.05) is 0 Å². The van der Waals surface area contributed by atoms with E-state index in [4.69, 9.17) is 14.0 Å². The molecule has 0 spiro atoms. The molecule has 0 saturated carbocycles. The Hall–Kier alpha value is 0.125. The highest BCUT2D eigenvalue weighted by molar-refractivity contribution is 9.12. The zero-order valence-electron chi connectivity index (χ0n) is 11.9. The van der Waals surface area contributed by atoms with E-state index in [0.717, 1.165) is 16.7 Å². The van der Waals surface area contributed by atoms with Crippen molar-refractivity contribution in [2.24, 2.45) is 0 Å². The molecule has 0 aliphatic carbocycles. The summed E-state index contributed by atoms with van der Waals surface area (Å²) in [4.78, 5) is 0. The van der Waals surface area contributed by atoms with Gasteiger partial charge < -0.3 is 14.0 Å². The van der Waals surface area contributed by atoms with Gasteiger partial charge in [-0.1, -0.05) is 0 Å². The van der Waals surface area contributed by atoms with Gasteiger partial charge in [0.2, 0.25) is 0 Å². The molecule has 0 bridgehead atoms. The van der Waals surface area contributed by atoms with Crippen LogP contribution in [0.2, 0.25) is 0 Å². The summed E-state index contributed by atoms with van der Waals surface area (Å²) < 4.78 is 18.5. The van der Waals surface area contributed by atoms with Gasteiger partial charge in [-0.2, -0.15) is 0 Å². The molecule has 0 radical (unpaired) electrons. The summed E-state index contributed by atoms with van der Waals surface area (Å²) in [5.74, 6) is 0. The molecule has 0 aromatic rings. The molecule has 0 aliphatic rings. The summed E-state index contributed by atoms with van der Waals surface area (Å²) in [5, 5.41) is 0. The van der Waals surface area contributed by atoms with E-state index in [9.17, 15) is 0 Å². The minimum atomic E-state index is -0.891. The van der Waals surface area contributed by atoms with Gasteiger partial charge in [-0.3, -0.25) is 0 Å². The number of hydrogen-bond acceptors (Lipinski definition) is 3. The van der Waals surface area contributed by atoms with E-state index >= 15 is 0 Å². The summed E-state index contributed by atoms with van der Waals surface area (Å²) in [5.41, 5.74) is 2.96. The topological polar surface area (TPSA) is 27.7 Å². The number of rotatable bonds is 6. The average molecular weight is 461 g/mol. The van der Waals surface area contributed by atoms with Gasteiger partial charge in [0.25, 0.3) is 0 Å². The zero-order valence-corrected chi connectivity index (χ0v) is 16.7. The van der Waals surface area contributed by atoms with Crippen molar-refractivity contribution in [3.8, 4) is 0 Å². The fourth-order valence-electron chi connectivity index (χ4n) is 0.679. The molecule has 0 atom stereocenters. The molecule has 0 fully saturated rings. The molecule has 0 N–H and O–H groups in total. The summed E-state index contributed by atoms with van der Waals surface area (Å²) in [6, 6.07) is 0. The van der Waals surface area contributed by atoms with Crippen LogP contribution in [-0.2, 0) is 14.0 Å². The van der Waals surface area contributed by atoms with E-state index in [-0.39, 0.29) is 0 Å². The highest BCUT2D eigenvalue weighted by Gasteiger charge is 2.32. The second-order valence-corrected chi connectivity index (χ2v) is 6.62. The predicted octanol–water partition coefficient (Wildman–Crippen LogP) is 5.96. The lowest BCUT2D eigenvalue weighted by molar-refractivity contribution is 0.210. The highest BCUT2D eigenvalue weighted by atomic mass is 79.9. The van der Waals surface area contributed by atoms with Crippen LogP contribution in [0.5, 0.6) is 0 Å². The van der Waals surface area contributed by atoms with Crippen molar-refractivity contribution in [1.29, 1.82) is 0 Å². The fourth-order valence-corrected chi connectivity index (χ4v) is 1.14. The minimum Gasteiger partial charge on any atom is -0.484 e. The van der Waals surface area contributed by atoms with Crippen molar-refractivity contribution in [2.45, 2.75) is 41.5 Å². The van der Waals surface area contributed by atoms with Crippen LogP contribution >= 0.6 is 47.8 Å². The molecule has 19 heavy (non-hydrogen) atoms. The summed E-state index contributed by atoms with van der Waals surface area (Å²) in [6.45, 7) is 11.5. The van der Waals surface area contributed by atoms with Crippen LogP contribution in [0.3, 0.4) is 0 Å². The zero-order chi connectivity index (χ0) is 15.2. The summed E-state index contributed by atoms with van der Waals surface area (Å²) >= 11 is 9.99. The van der Waals surface area contributed by atoms with E-state index < -0.39 is 7.32 Å². The Bertz CT molecular complexity index is 343. The lowest BCUT2D eigenvalue weighted by Crippen LogP contribution is -2.24. The van der Waals surface area contributed by atoms with E-state index in [1.54, 1.807) is 0 Å². The van der Waals surface area contributed by atoms with Crippen LogP contribution in [0.25, 0.3) is 0 Å². The molecule has 0 rings (SSSR count). The van der Waals surface area contributed by atoms with Crippen molar-refractivity contribution >= 4 is 55.1 Å². The van der Waals surface area contributed by atoms with E-state index in [1.165, 1.54) is 0 Å². The van der Waals surface area contributed by atoms with Crippen molar-refractivity contribution in [1.82, 2.24) is 0 Å². The third kappa shape index (κ3) is 8.10. The lowest BCUT2D eigenvalue weighted by Gasteiger charge is -2.17. The van der Waals surface area contributed by atoms with Gasteiger partial charge in [-0.05, 0) is 106 Å². The third-order valence-electron chi connectivity index (χ3n) is 1.78. The third-order valence-corrected chi connectivity index (χ3v) is 4.72. The molecule has 3 nitrogen and oxygen atoms in total. The van der Waals surface area contributed by atoms with E-state index in [1.807, 2.05) is 41.5 Å². The van der Waals surface area contributed by atoms with Crippen molar-refractivity contribution in [3.63, 3.8) is 0 Å². The van der Waals surface area contributed by atoms with E-state index in [2.05, 4.69) is 47.8 Å². The maximum absolute atomic E-state index is 5.58. The van der Waals surface area contributed by atoms with Gasteiger partial charge in [0.15, 0.2) is 0 Å². The van der Waals surface area contributed by atoms with Crippen LogP contribution in [0.15, 0.2) is 30.7 Å². The normalized spacial score (nSPS) is 9.32. The molecular formula is C12H18BBr3O3. The average Bonchev–Trinajstić information content (AvgIpc) is 2.27. The molecule has 0 saturated heterocycles. The quantitative estimate of drug-likeness (QED) is 0.361. The predicted molar refractivity (Wildman–Crippen MR) is 90.9 cm³/mol. The smallest absolute Gasteiger partial charge is 0.484 e. The monoisotopic (exact) mass is 458 g/mol. The van der Waals surface area contributed by atoms with Gasteiger partial charge in [-0.25, -0.2) is 0 Å². The van der Waals surface area contributed by atoms with Crippen molar-refractivity contribution in [2.75, 3.05) is 0 Å². The van der Waals surface area contributed by atoms with Crippen LogP contribution in [0.1, 0.15) is 41.5 Å². The molecule has 0 heterocycles. The molecule has 108 valence electrons. The van der Waals surface area contributed by atoms with Gasteiger partial charge >= 0.3 is 7.32 Å². The molecule has 0 aliphatic heterocycles. The first-order chi connectivity index (χ1) is 8.65. The van der Waals surface area contributed by atoms with Crippen LogP contribution in [0.4, 0.5) is 0 Å². The SMILES string of the molecule is CC(C)=C(Br)OB(OC(Br)=C(C)C)OC(Br)=C(C)C. The maximum Gasteiger partial charge on any atom is 0.865 e. The van der Waals surface area contributed by atoms with Gasteiger partial charge in [0.05, 0.1) is 0 Å². The first-order valence-electron chi connectivity index (χ1n) is 5.64. The second-order valence-electron chi connectivity index (χ2n) is 4.46. The Labute approximate surface area is 141 Å². The van der Waals surface area contributed by atoms with Gasteiger partial charge in [-0.15, -0.1) is 0 Å². The first kappa shape index (κ1) is 19.1. The Morgan fingerprint density at radius 2 is 0.789 bits per heavy atom. The largest absolute Gasteiger partial charge is 0.865 e. The molecule has 0 aromatic heterocycles. The van der Waals surface area contributed by atoms with Crippen LogP contribution < -0.4 is 0 Å². The highest BCUT2D eigenvalue weighted by Crippen LogP contribution is 2.23. The number of hydrogen-bond donors (Lipinski definition) is 0. The van der Waals surface area contributed by atoms with Gasteiger partial charge in [0.1, 0.15) is 14.0 Å². The standard InChI is InChI=1S/C12H18BBr3O3/c1-7(2)10(14)17-13(18-11(15)8(3)4)19-12(16)9(5)6/h1-6H3. The van der Waals surface area contributed by atoms with Crippen LogP contribution in [0, 0.1) is 0 Å². The summed E-state index contributed by atoms with van der Waals surface area (Å²) in [6.07, 6.45) is 0.